The van der Waals surface area contributed by atoms with Crippen LogP contribution in [0.3, 0.4) is 0 Å². The Bertz CT molecular complexity index is 427. The summed E-state index contributed by atoms with van der Waals surface area (Å²) in [6.07, 6.45) is 5.96. The van der Waals surface area contributed by atoms with Crippen molar-refractivity contribution < 1.29 is 14.7 Å². The highest BCUT2D eigenvalue weighted by Gasteiger charge is 2.50. The Hall–Kier alpha value is -1.32. The molecule has 0 unspecified atom stereocenters. The van der Waals surface area contributed by atoms with E-state index >= 15 is 0 Å². The van der Waals surface area contributed by atoms with Gasteiger partial charge in [-0.2, -0.15) is 0 Å². The maximum absolute atomic E-state index is 12.1. The molecule has 0 aromatic carbocycles. The summed E-state index contributed by atoms with van der Waals surface area (Å²) < 4.78 is 5.19. The summed E-state index contributed by atoms with van der Waals surface area (Å²) in [6, 6.07) is 0. The summed E-state index contributed by atoms with van der Waals surface area (Å²) >= 11 is 0. The molecule has 3 aliphatic rings. The van der Waals surface area contributed by atoms with Gasteiger partial charge in [-0.15, -0.1) is 5.16 Å². The van der Waals surface area contributed by atoms with E-state index in [0.29, 0.717) is 18.4 Å². The zero-order valence-corrected chi connectivity index (χ0v) is 10.6. The number of carbonyl (C=O) groups is 1. The normalized spacial score (nSPS) is 37.6. The van der Waals surface area contributed by atoms with E-state index in [1.807, 2.05) is 6.92 Å². The maximum Gasteiger partial charge on any atom is 0.313 e. The number of oxime groups is 1. The van der Waals surface area contributed by atoms with E-state index in [-0.39, 0.29) is 17.8 Å². The van der Waals surface area contributed by atoms with Crippen LogP contribution in [-0.4, -0.2) is 24.0 Å². The van der Waals surface area contributed by atoms with Crippen LogP contribution < -0.4 is 0 Å². The molecule has 0 heterocycles. The van der Waals surface area contributed by atoms with Crippen molar-refractivity contribution in [2.45, 2.75) is 32.6 Å². The second-order valence-electron chi connectivity index (χ2n) is 5.53. The topological polar surface area (TPSA) is 58.9 Å². The SMILES string of the molecule is CCOC(=O)[C@@H]1C[C@@H](/C=N\O)C2=C1[C@H]1CC[C@H]2C1. The van der Waals surface area contributed by atoms with Gasteiger partial charge in [-0.1, -0.05) is 11.1 Å². The number of hydrogen-bond donors (Lipinski definition) is 1. The highest BCUT2D eigenvalue weighted by Crippen LogP contribution is 2.58. The van der Waals surface area contributed by atoms with E-state index in [1.165, 1.54) is 30.4 Å². The van der Waals surface area contributed by atoms with E-state index in [4.69, 9.17) is 9.94 Å². The van der Waals surface area contributed by atoms with Crippen molar-refractivity contribution in [1.29, 1.82) is 0 Å². The van der Waals surface area contributed by atoms with E-state index in [1.54, 1.807) is 6.21 Å². The Morgan fingerprint density at radius 1 is 1.39 bits per heavy atom. The van der Waals surface area contributed by atoms with Gasteiger partial charge in [-0.25, -0.2) is 0 Å². The minimum atomic E-state index is -0.0913. The van der Waals surface area contributed by atoms with Crippen LogP contribution in [-0.2, 0) is 9.53 Å². The first-order chi connectivity index (χ1) is 8.76. The lowest BCUT2D eigenvalue weighted by Crippen LogP contribution is -2.21. The third kappa shape index (κ3) is 1.58. The van der Waals surface area contributed by atoms with Crippen molar-refractivity contribution in [2.75, 3.05) is 6.61 Å². The van der Waals surface area contributed by atoms with E-state index in [2.05, 4.69) is 5.16 Å². The summed E-state index contributed by atoms with van der Waals surface area (Å²) in [4.78, 5) is 12.1. The number of hydrogen-bond acceptors (Lipinski definition) is 4. The molecule has 0 aromatic rings. The van der Waals surface area contributed by atoms with Gasteiger partial charge in [-0.3, -0.25) is 4.79 Å². The zero-order valence-electron chi connectivity index (χ0n) is 10.6. The van der Waals surface area contributed by atoms with E-state index in [0.717, 1.165) is 6.42 Å². The third-order valence-corrected chi connectivity index (χ3v) is 4.73. The Morgan fingerprint density at radius 3 is 2.78 bits per heavy atom. The molecule has 1 fully saturated rings. The minimum Gasteiger partial charge on any atom is -0.466 e. The molecule has 4 heteroatoms. The highest BCUT2D eigenvalue weighted by atomic mass is 16.5. The van der Waals surface area contributed by atoms with Crippen LogP contribution in [0.25, 0.3) is 0 Å². The number of esters is 1. The van der Waals surface area contributed by atoms with Crippen LogP contribution in [0.5, 0.6) is 0 Å². The Kier molecular flexibility index (Phi) is 2.88. The molecular formula is C14H19NO3. The number of allylic oxidation sites excluding steroid dienone is 1. The molecule has 0 aromatic heterocycles. The van der Waals surface area contributed by atoms with Crippen LogP contribution in [0.4, 0.5) is 0 Å². The van der Waals surface area contributed by atoms with Gasteiger partial charge in [0, 0.05) is 5.92 Å². The quantitative estimate of drug-likeness (QED) is 0.275. The van der Waals surface area contributed by atoms with Gasteiger partial charge in [-0.05, 0) is 44.4 Å². The van der Waals surface area contributed by atoms with Crippen molar-refractivity contribution in [2.24, 2.45) is 28.8 Å². The molecule has 0 aliphatic heterocycles. The Labute approximate surface area is 107 Å². The Morgan fingerprint density at radius 2 is 2.11 bits per heavy atom. The van der Waals surface area contributed by atoms with Gasteiger partial charge in [0.15, 0.2) is 0 Å². The number of nitrogens with zero attached hydrogens (tertiary/aromatic N) is 1. The van der Waals surface area contributed by atoms with Gasteiger partial charge in [0.2, 0.25) is 0 Å². The molecular weight excluding hydrogens is 230 g/mol. The van der Waals surface area contributed by atoms with Gasteiger partial charge in [0.1, 0.15) is 0 Å². The van der Waals surface area contributed by atoms with E-state index < -0.39 is 0 Å². The summed E-state index contributed by atoms with van der Waals surface area (Å²) in [5, 5.41) is 12.0. The third-order valence-electron chi connectivity index (χ3n) is 4.73. The smallest absolute Gasteiger partial charge is 0.313 e. The van der Waals surface area contributed by atoms with Crippen LogP contribution in [0.1, 0.15) is 32.6 Å². The number of rotatable bonds is 3. The van der Waals surface area contributed by atoms with E-state index in [9.17, 15) is 4.79 Å². The van der Waals surface area contributed by atoms with Crippen LogP contribution in [0.2, 0.25) is 0 Å². The fraction of sp³-hybridized carbons (Fsp3) is 0.714. The largest absolute Gasteiger partial charge is 0.466 e. The van der Waals surface area contributed by atoms with Gasteiger partial charge in [0.05, 0.1) is 18.7 Å². The average Bonchev–Trinajstić information content (AvgIpc) is 3.01. The fourth-order valence-electron chi connectivity index (χ4n) is 4.22. The van der Waals surface area contributed by atoms with Crippen LogP contribution in [0.15, 0.2) is 16.3 Å². The molecule has 0 spiro atoms. The van der Waals surface area contributed by atoms with Gasteiger partial charge in [0.25, 0.3) is 0 Å². The summed E-state index contributed by atoms with van der Waals surface area (Å²) in [5.41, 5.74) is 2.72. The van der Waals surface area contributed by atoms with Crippen LogP contribution in [0, 0.1) is 23.7 Å². The predicted molar refractivity (Wildman–Crippen MR) is 66.4 cm³/mol. The van der Waals surface area contributed by atoms with Gasteiger partial charge < -0.3 is 9.94 Å². The molecule has 2 bridgehead atoms. The Balaban J connectivity index is 1.91. The first-order valence-electron chi connectivity index (χ1n) is 6.84. The second kappa shape index (κ2) is 4.41. The zero-order chi connectivity index (χ0) is 12.7. The highest BCUT2D eigenvalue weighted by molar-refractivity contribution is 5.81. The summed E-state index contributed by atoms with van der Waals surface area (Å²) in [7, 11) is 0. The minimum absolute atomic E-state index is 0.0850. The molecule has 18 heavy (non-hydrogen) atoms. The van der Waals surface area contributed by atoms with Crippen molar-refractivity contribution in [3.63, 3.8) is 0 Å². The average molecular weight is 249 g/mol. The number of carbonyl (C=O) groups excluding carboxylic acids is 1. The number of fused-ring (bicyclic) bond motifs is 4. The molecule has 0 radical (unpaired) electrons. The lowest BCUT2D eigenvalue weighted by molar-refractivity contribution is -0.146. The molecule has 1 saturated carbocycles. The predicted octanol–water partition coefficient (Wildman–Crippen LogP) is 2.37. The number of ether oxygens (including phenoxy) is 1. The second-order valence-corrected chi connectivity index (χ2v) is 5.53. The first kappa shape index (κ1) is 11.8. The standard InChI is InChI=1S/C14H19NO3/c1-2-18-14(16)11-6-10(7-15-17)12-8-3-4-9(5-8)13(11)12/h7-11,17H,2-6H2,1H3/b15-7-/t8-,9-,10-,11+/m0/s1. The van der Waals surface area contributed by atoms with Crippen molar-refractivity contribution in [1.82, 2.24) is 0 Å². The lowest BCUT2D eigenvalue weighted by atomic mass is 9.88. The van der Waals surface area contributed by atoms with Crippen molar-refractivity contribution in [3.05, 3.63) is 11.1 Å². The molecule has 3 rings (SSSR count). The lowest BCUT2D eigenvalue weighted by Gasteiger charge is -2.18. The molecule has 1 N–H and O–H groups in total. The maximum atomic E-state index is 12.1. The van der Waals surface area contributed by atoms with Crippen molar-refractivity contribution >= 4 is 12.2 Å². The first-order valence-corrected chi connectivity index (χ1v) is 6.84. The molecule has 4 atom stereocenters. The molecule has 3 aliphatic carbocycles. The molecule has 0 amide bonds. The monoisotopic (exact) mass is 249 g/mol. The summed E-state index contributed by atoms with van der Waals surface area (Å²) in [5.74, 6) is 1.17. The molecule has 98 valence electrons. The van der Waals surface area contributed by atoms with Crippen molar-refractivity contribution in [3.8, 4) is 0 Å². The molecule has 0 saturated heterocycles. The van der Waals surface area contributed by atoms with Crippen LogP contribution >= 0.6 is 0 Å². The van der Waals surface area contributed by atoms with Gasteiger partial charge >= 0.3 is 5.97 Å². The fourth-order valence-corrected chi connectivity index (χ4v) is 4.22. The molecule has 4 nitrogen and oxygen atoms in total. The summed E-state index contributed by atoms with van der Waals surface area (Å²) in [6.45, 7) is 2.28.